The Morgan fingerprint density at radius 1 is 0.316 bits per heavy atom. The van der Waals surface area contributed by atoms with Crippen LogP contribution in [0.5, 0.6) is 0 Å². The van der Waals surface area contributed by atoms with E-state index >= 15 is 0 Å². The smallest absolute Gasteiger partial charge is 0.00990 e. The zero-order valence-electron chi connectivity index (χ0n) is 9.93. The Labute approximate surface area is 154 Å². The van der Waals surface area contributed by atoms with Crippen LogP contribution in [0.1, 0.15) is 0 Å². The summed E-state index contributed by atoms with van der Waals surface area (Å²) in [6.45, 7) is 0. The molecule has 0 aromatic heterocycles. The molecule has 0 bridgehead atoms. The molecule has 86 valence electrons. The Bertz CT molecular complexity index is 657. The van der Waals surface area contributed by atoms with Crippen molar-refractivity contribution in [3.8, 4) is 0 Å². The van der Waals surface area contributed by atoms with Gasteiger partial charge in [0, 0.05) is 0 Å². The SMILES string of the molecule is [KH].c1ccc2c(c1)c1ccccc1c1ccccc21. The summed E-state index contributed by atoms with van der Waals surface area (Å²) in [6.07, 6.45) is 0. The molecule has 0 radical (unpaired) electrons. The molecule has 4 aromatic carbocycles. The van der Waals surface area contributed by atoms with Gasteiger partial charge in [0.25, 0.3) is 0 Å². The van der Waals surface area contributed by atoms with Gasteiger partial charge in [-0.05, 0) is 32.3 Å². The van der Waals surface area contributed by atoms with E-state index in [0.717, 1.165) is 0 Å². The fourth-order valence-corrected chi connectivity index (χ4v) is 2.86. The van der Waals surface area contributed by atoms with Crippen LogP contribution in [0.25, 0.3) is 32.3 Å². The van der Waals surface area contributed by atoms with Crippen LogP contribution in [-0.4, -0.2) is 51.4 Å². The maximum absolute atomic E-state index is 2.21. The molecular weight excluding hydrogens is 255 g/mol. The third-order valence-corrected chi connectivity index (χ3v) is 3.65. The predicted octanol–water partition coefficient (Wildman–Crippen LogP) is 4.50. The van der Waals surface area contributed by atoms with E-state index in [9.17, 15) is 0 Å². The van der Waals surface area contributed by atoms with E-state index in [0.29, 0.717) is 0 Å². The maximum Gasteiger partial charge on any atom is -0.00990 e. The summed E-state index contributed by atoms with van der Waals surface area (Å²) in [5.41, 5.74) is 0. The molecule has 0 atom stereocenters. The topological polar surface area (TPSA) is 0 Å². The number of fused-ring (bicyclic) bond motifs is 6. The summed E-state index contributed by atoms with van der Waals surface area (Å²) in [6, 6.07) is 26.0. The van der Waals surface area contributed by atoms with Gasteiger partial charge in [-0.15, -0.1) is 0 Å². The van der Waals surface area contributed by atoms with Crippen molar-refractivity contribution < 1.29 is 0 Å². The van der Waals surface area contributed by atoms with Gasteiger partial charge in [-0.1, -0.05) is 72.8 Å². The minimum atomic E-state index is 0. The van der Waals surface area contributed by atoms with E-state index in [1.807, 2.05) is 0 Å². The second-order valence-corrected chi connectivity index (χ2v) is 4.64. The molecule has 0 saturated carbocycles. The summed E-state index contributed by atoms with van der Waals surface area (Å²) in [4.78, 5) is 0. The van der Waals surface area contributed by atoms with Gasteiger partial charge in [-0.25, -0.2) is 0 Å². The van der Waals surface area contributed by atoms with E-state index in [2.05, 4.69) is 72.8 Å². The van der Waals surface area contributed by atoms with Crippen molar-refractivity contribution in [2.24, 2.45) is 0 Å². The molecule has 4 rings (SSSR count). The minimum absolute atomic E-state index is 0. The molecule has 0 spiro atoms. The van der Waals surface area contributed by atoms with E-state index in [4.69, 9.17) is 0 Å². The van der Waals surface area contributed by atoms with E-state index < -0.39 is 0 Å². The van der Waals surface area contributed by atoms with Gasteiger partial charge >= 0.3 is 51.4 Å². The van der Waals surface area contributed by atoms with Gasteiger partial charge in [0.2, 0.25) is 0 Å². The van der Waals surface area contributed by atoms with E-state index in [-0.39, 0.29) is 51.4 Å². The number of rotatable bonds is 0. The first kappa shape index (κ1) is 13.3. The van der Waals surface area contributed by atoms with Crippen LogP contribution in [0.4, 0.5) is 0 Å². The van der Waals surface area contributed by atoms with Gasteiger partial charge < -0.3 is 0 Å². The number of hydrogen-bond donors (Lipinski definition) is 0. The van der Waals surface area contributed by atoms with E-state index in [1.165, 1.54) is 32.3 Å². The Morgan fingerprint density at radius 2 is 0.474 bits per heavy atom. The summed E-state index contributed by atoms with van der Waals surface area (Å²) in [5.74, 6) is 0. The monoisotopic (exact) mass is 268 g/mol. The molecule has 0 amide bonds. The van der Waals surface area contributed by atoms with Crippen molar-refractivity contribution in [2.75, 3.05) is 0 Å². The van der Waals surface area contributed by atoms with Gasteiger partial charge in [-0.3, -0.25) is 0 Å². The predicted molar refractivity (Wildman–Crippen MR) is 86.1 cm³/mol. The Hall–Kier alpha value is -0.704. The maximum atomic E-state index is 2.21. The molecule has 0 aliphatic rings. The first-order valence-corrected chi connectivity index (χ1v) is 6.23. The fraction of sp³-hybridized carbons (Fsp3) is 0. The quantitative estimate of drug-likeness (QED) is 0.325. The van der Waals surface area contributed by atoms with Crippen LogP contribution in [0, 0.1) is 0 Å². The van der Waals surface area contributed by atoms with Crippen molar-refractivity contribution >= 4 is 83.7 Å². The van der Waals surface area contributed by atoms with Crippen LogP contribution in [-0.2, 0) is 0 Å². The largest absolute Gasteiger partial charge is 0.0616 e. The summed E-state index contributed by atoms with van der Waals surface area (Å²) in [7, 11) is 0. The van der Waals surface area contributed by atoms with Crippen molar-refractivity contribution in [1.82, 2.24) is 0 Å². The molecule has 4 aromatic rings. The van der Waals surface area contributed by atoms with Crippen LogP contribution < -0.4 is 0 Å². The molecule has 0 fully saturated rings. The third kappa shape index (κ3) is 2.06. The summed E-state index contributed by atoms with van der Waals surface area (Å²) < 4.78 is 0. The zero-order chi connectivity index (χ0) is 11.9. The Kier molecular flexibility index (Phi) is 3.74. The van der Waals surface area contributed by atoms with E-state index in [1.54, 1.807) is 0 Å². The summed E-state index contributed by atoms with van der Waals surface area (Å²) >= 11 is 0. The van der Waals surface area contributed by atoms with Crippen LogP contribution in [0.3, 0.4) is 0 Å². The van der Waals surface area contributed by atoms with Crippen molar-refractivity contribution in [3.63, 3.8) is 0 Å². The van der Waals surface area contributed by atoms with Crippen LogP contribution in [0.15, 0.2) is 72.8 Å². The van der Waals surface area contributed by atoms with Crippen molar-refractivity contribution in [1.29, 1.82) is 0 Å². The first-order chi connectivity index (χ1) is 8.95. The van der Waals surface area contributed by atoms with Crippen molar-refractivity contribution in [2.45, 2.75) is 0 Å². The zero-order valence-corrected chi connectivity index (χ0v) is 9.93. The normalized spacial score (nSPS) is 10.7. The molecule has 0 saturated heterocycles. The van der Waals surface area contributed by atoms with Gasteiger partial charge in [0.15, 0.2) is 0 Å². The van der Waals surface area contributed by atoms with Gasteiger partial charge in [0.05, 0.1) is 0 Å². The second kappa shape index (κ2) is 5.35. The average Bonchev–Trinajstić information content (AvgIpc) is 2.48. The van der Waals surface area contributed by atoms with Crippen molar-refractivity contribution in [3.05, 3.63) is 72.8 Å². The molecule has 0 aliphatic heterocycles. The van der Waals surface area contributed by atoms with Gasteiger partial charge in [-0.2, -0.15) is 0 Å². The Morgan fingerprint density at radius 3 is 0.632 bits per heavy atom. The number of benzene rings is 4. The first-order valence-electron chi connectivity index (χ1n) is 6.23. The number of hydrogen-bond acceptors (Lipinski definition) is 0. The minimum Gasteiger partial charge on any atom is -0.0616 e. The standard InChI is InChI=1S/C18H12.K.H/c1-2-8-14-13(7-1)15-9-3-4-11-17(15)18-12-6-5-10-16(14)18;;/h1-12H;;. The molecule has 1 heteroatoms. The fourth-order valence-electron chi connectivity index (χ4n) is 2.86. The third-order valence-electron chi connectivity index (χ3n) is 3.65. The van der Waals surface area contributed by atoms with Crippen LogP contribution >= 0.6 is 0 Å². The summed E-state index contributed by atoms with van der Waals surface area (Å²) in [5, 5.41) is 8.04. The molecule has 0 nitrogen and oxygen atoms in total. The Balaban J connectivity index is 0.00000110. The average molecular weight is 268 g/mol. The molecule has 19 heavy (non-hydrogen) atoms. The molecular formula is C18H13K. The second-order valence-electron chi connectivity index (χ2n) is 4.64. The molecule has 0 aliphatic carbocycles. The molecule has 0 heterocycles. The van der Waals surface area contributed by atoms with Crippen LogP contribution in [0.2, 0.25) is 0 Å². The van der Waals surface area contributed by atoms with Gasteiger partial charge in [0.1, 0.15) is 0 Å². The molecule has 0 unspecified atom stereocenters. The molecule has 0 N–H and O–H groups in total.